The predicted molar refractivity (Wildman–Crippen MR) is 90.3 cm³/mol. The maximum Gasteiger partial charge on any atom is 0.213 e. The second-order valence-corrected chi connectivity index (χ2v) is 5.28. The van der Waals surface area contributed by atoms with Gasteiger partial charge in [0, 0.05) is 52.1 Å². The van der Waals surface area contributed by atoms with Gasteiger partial charge in [-0.1, -0.05) is 13.8 Å². The van der Waals surface area contributed by atoms with Gasteiger partial charge in [0.25, 0.3) is 0 Å². The zero-order valence-corrected chi connectivity index (χ0v) is 14.5. The van der Waals surface area contributed by atoms with Crippen molar-refractivity contribution in [1.82, 2.24) is 14.8 Å². The van der Waals surface area contributed by atoms with Crippen molar-refractivity contribution < 1.29 is 9.47 Å². The monoisotopic (exact) mass is 309 g/mol. The Morgan fingerprint density at radius 2 is 1.86 bits per heavy atom. The third kappa shape index (κ3) is 7.20. The summed E-state index contributed by atoms with van der Waals surface area (Å²) in [4.78, 5) is 9.14. The highest BCUT2D eigenvalue weighted by Gasteiger charge is 2.12. The van der Waals surface area contributed by atoms with Crippen molar-refractivity contribution >= 4 is 0 Å². The van der Waals surface area contributed by atoms with Crippen LogP contribution in [0, 0.1) is 0 Å². The highest BCUT2D eigenvalue weighted by Crippen LogP contribution is 2.09. The van der Waals surface area contributed by atoms with Crippen molar-refractivity contribution in [3.63, 3.8) is 0 Å². The number of ether oxygens (including phenoxy) is 2. The first-order chi connectivity index (χ1) is 10.8. The molecule has 0 unspecified atom stereocenters. The molecule has 1 saturated heterocycles. The smallest absolute Gasteiger partial charge is 0.213 e. The van der Waals surface area contributed by atoms with E-state index < -0.39 is 0 Å². The average Bonchev–Trinajstić information content (AvgIpc) is 2.57. The molecule has 22 heavy (non-hydrogen) atoms. The summed E-state index contributed by atoms with van der Waals surface area (Å²) in [5.74, 6) is 0.697. The lowest BCUT2D eigenvalue weighted by atomic mass is 10.3. The zero-order chi connectivity index (χ0) is 16.2. The molecule has 126 valence electrons. The lowest BCUT2D eigenvalue weighted by Gasteiger charge is -2.32. The Hall–Kier alpha value is -1.17. The van der Waals surface area contributed by atoms with E-state index in [2.05, 4.69) is 21.8 Å². The molecule has 1 fully saturated rings. The number of pyridine rings is 1. The van der Waals surface area contributed by atoms with Gasteiger partial charge in [-0.05, 0) is 25.1 Å². The van der Waals surface area contributed by atoms with Crippen molar-refractivity contribution in [3.8, 4) is 5.88 Å². The Labute approximate surface area is 135 Å². The van der Waals surface area contributed by atoms with E-state index in [0.29, 0.717) is 12.5 Å². The van der Waals surface area contributed by atoms with Gasteiger partial charge in [-0.25, -0.2) is 4.98 Å². The van der Waals surface area contributed by atoms with Crippen LogP contribution in [0.4, 0.5) is 0 Å². The fourth-order valence-corrected chi connectivity index (χ4v) is 2.28. The van der Waals surface area contributed by atoms with Crippen LogP contribution in [0.25, 0.3) is 0 Å². The molecule has 0 spiro atoms. The lowest BCUT2D eigenvalue weighted by Crippen LogP contribution is -2.44. The fourth-order valence-electron chi connectivity index (χ4n) is 2.28. The first-order valence-corrected chi connectivity index (χ1v) is 8.25. The van der Waals surface area contributed by atoms with Crippen LogP contribution in [-0.2, 0) is 11.3 Å². The molecule has 1 aliphatic rings. The van der Waals surface area contributed by atoms with Gasteiger partial charge in [0.05, 0.1) is 13.2 Å². The molecule has 1 aromatic rings. The first kappa shape index (κ1) is 18.9. The number of hydrogen-bond acceptors (Lipinski definition) is 5. The van der Waals surface area contributed by atoms with E-state index in [4.69, 9.17) is 9.47 Å². The number of aromatic nitrogens is 1. The molecule has 2 rings (SSSR count). The Bertz CT molecular complexity index is 376. The summed E-state index contributed by atoms with van der Waals surface area (Å²) in [5.41, 5.74) is 1.07. The van der Waals surface area contributed by atoms with Crippen molar-refractivity contribution in [2.45, 2.75) is 26.9 Å². The number of hydrogen-bond donors (Lipinski definition) is 0. The highest BCUT2D eigenvalue weighted by molar-refractivity contribution is 5.17. The van der Waals surface area contributed by atoms with Crippen LogP contribution in [0.1, 0.15) is 25.8 Å². The van der Waals surface area contributed by atoms with Crippen molar-refractivity contribution in [3.05, 3.63) is 23.9 Å². The van der Waals surface area contributed by atoms with E-state index >= 15 is 0 Å². The van der Waals surface area contributed by atoms with Crippen LogP contribution >= 0.6 is 0 Å². The standard InChI is InChI=1S/C15H25N3O2.C2H6/c1-17-7-9-18(10-8-17)6-3-11-20-15-5-4-14(12-16-15)13-19-2;1-2/h4-5,12H,3,6-11,13H2,1-2H3;1-2H3. The second kappa shape index (κ2) is 11.4. The third-order valence-corrected chi connectivity index (χ3v) is 3.57. The summed E-state index contributed by atoms with van der Waals surface area (Å²) in [7, 11) is 3.86. The molecule has 0 aromatic carbocycles. The topological polar surface area (TPSA) is 37.8 Å². The number of methoxy groups -OCH3 is 1. The van der Waals surface area contributed by atoms with Gasteiger partial charge in [-0.15, -0.1) is 0 Å². The number of rotatable bonds is 7. The van der Waals surface area contributed by atoms with Crippen molar-refractivity contribution in [1.29, 1.82) is 0 Å². The van der Waals surface area contributed by atoms with Crippen LogP contribution in [0.5, 0.6) is 5.88 Å². The van der Waals surface area contributed by atoms with E-state index in [-0.39, 0.29) is 0 Å². The normalized spacial score (nSPS) is 16.0. The van der Waals surface area contributed by atoms with Crippen LogP contribution < -0.4 is 4.74 Å². The zero-order valence-electron chi connectivity index (χ0n) is 14.5. The molecule has 0 saturated carbocycles. The summed E-state index contributed by atoms with van der Waals surface area (Å²) in [5, 5.41) is 0. The SMILES string of the molecule is CC.COCc1ccc(OCCCN2CCN(C)CC2)nc1. The van der Waals surface area contributed by atoms with Crippen LogP contribution in [0.2, 0.25) is 0 Å². The summed E-state index contributed by atoms with van der Waals surface area (Å²) >= 11 is 0. The van der Waals surface area contributed by atoms with Crippen LogP contribution in [-0.4, -0.2) is 68.3 Å². The van der Waals surface area contributed by atoms with E-state index in [1.54, 1.807) is 13.3 Å². The number of likely N-dealkylation sites (N-methyl/N-ethyl adjacent to an activating group) is 1. The minimum Gasteiger partial charge on any atom is -0.478 e. The highest BCUT2D eigenvalue weighted by atomic mass is 16.5. The lowest BCUT2D eigenvalue weighted by molar-refractivity contribution is 0.145. The van der Waals surface area contributed by atoms with E-state index in [1.807, 2.05) is 26.0 Å². The second-order valence-electron chi connectivity index (χ2n) is 5.28. The maximum atomic E-state index is 5.66. The molecule has 1 aliphatic heterocycles. The summed E-state index contributed by atoms with van der Waals surface area (Å²) in [6.45, 7) is 11.1. The maximum absolute atomic E-state index is 5.66. The molecule has 1 aromatic heterocycles. The Morgan fingerprint density at radius 3 is 2.45 bits per heavy atom. The van der Waals surface area contributed by atoms with E-state index in [0.717, 1.165) is 25.1 Å². The minimum atomic E-state index is 0.594. The van der Waals surface area contributed by atoms with Crippen LogP contribution in [0.15, 0.2) is 18.3 Å². The van der Waals surface area contributed by atoms with Gasteiger partial charge in [0.15, 0.2) is 0 Å². The van der Waals surface area contributed by atoms with Crippen molar-refractivity contribution in [2.24, 2.45) is 0 Å². The fraction of sp³-hybridized carbons (Fsp3) is 0.706. The van der Waals surface area contributed by atoms with E-state index in [1.165, 1.54) is 26.2 Å². The van der Waals surface area contributed by atoms with Gasteiger partial charge < -0.3 is 19.3 Å². The largest absolute Gasteiger partial charge is 0.478 e. The molecule has 0 aliphatic carbocycles. The summed E-state index contributed by atoms with van der Waals surface area (Å²) < 4.78 is 10.7. The van der Waals surface area contributed by atoms with Crippen molar-refractivity contribution in [2.75, 3.05) is 53.5 Å². The minimum absolute atomic E-state index is 0.594. The molecule has 0 radical (unpaired) electrons. The molecular weight excluding hydrogens is 278 g/mol. The molecule has 0 amide bonds. The quantitative estimate of drug-likeness (QED) is 0.722. The molecule has 0 atom stereocenters. The number of nitrogens with zero attached hydrogens (tertiary/aromatic N) is 3. The molecular formula is C17H31N3O2. The van der Waals surface area contributed by atoms with Gasteiger partial charge in [-0.3, -0.25) is 0 Å². The molecule has 0 N–H and O–H groups in total. The van der Waals surface area contributed by atoms with Gasteiger partial charge in [0.2, 0.25) is 5.88 Å². The molecule has 5 nitrogen and oxygen atoms in total. The summed E-state index contributed by atoms with van der Waals surface area (Å²) in [6, 6.07) is 3.90. The number of piperazine rings is 1. The van der Waals surface area contributed by atoms with Crippen LogP contribution in [0.3, 0.4) is 0 Å². The predicted octanol–water partition coefficient (Wildman–Crippen LogP) is 2.27. The Kier molecular flexibility index (Phi) is 9.79. The molecule has 5 heteroatoms. The molecule has 0 bridgehead atoms. The Morgan fingerprint density at radius 1 is 1.14 bits per heavy atom. The van der Waals surface area contributed by atoms with E-state index in [9.17, 15) is 0 Å². The van der Waals surface area contributed by atoms with Gasteiger partial charge >= 0.3 is 0 Å². The van der Waals surface area contributed by atoms with Gasteiger partial charge in [0.1, 0.15) is 0 Å². The average molecular weight is 309 g/mol. The third-order valence-electron chi connectivity index (χ3n) is 3.57. The molecule has 2 heterocycles. The first-order valence-electron chi connectivity index (χ1n) is 8.25. The Balaban J connectivity index is 0.00000116. The van der Waals surface area contributed by atoms with Gasteiger partial charge in [-0.2, -0.15) is 0 Å². The summed E-state index contributed by atoms with van der Waals surface area (Å²) in [6.07, 6.45) is 2.85.